The van der Waals surface area contributed by atoms with Gasteiger partial charge in [0.2, 0.25) is 17.6 Å². The maximum absolute atomic E-state index is 13.2. The molecule has 0 aliphatic carbocycles. The van der Waals surface area contributed by atoms with Crippen LogP contribution in [0.4, 0.5) is 0 Å². The number of nitrogens with zero attached hydrogens (tertiary/aromatic N) is 3. The highest BCUT2D eigenvalue weighted by Gasteiger charge is 2.28. The minimum atomic E-state index is 0.000661. The molecule has 1 fully saturated rings. The number of amides is 1. The van der Waals surface area contributed by atoms with Crippen LogP contribution >= 0.6 is 0 Å². The lowest BCUT2D eigenvalue weighted by Gasteiger charge is -2.31. The van der Waals surface area contributed by atoms with E-state index in [4.69, 9.17) is 9.26 Å². The van der Waals surface area contributed by atoms with Gasteiger partial charge in [-0.2, -0.15) is 4.98 Å². The molecule has 3 aromatic rings. The zero-order valence-corrected chi connectivity index (χ0v) is 23.7. The van der Waals surface area contributed by atoms with Gasteiger partial charge < -0.3 is 14.6 Å². The van der Waals surface area contributed by atoms with Gasteiger partial charge in [0, 0.05) is 11.5 Å². The molecule has 1 aliphatic heterocycles. The third kappa shape index (κ3) is 7.22. The quantitative estimate of drug-likeness (QED) is 0.365. The first-order valence-corrected chi connectivity index (χ1v) is 13.7. The summed E-state index contributed by atoms with van der Waals surface area (Å²) >= 11 is 0. The number of hydrogen-bond acceptors (Lipinski definition) is 6. The molecule has 1 aromatic heterocycles. The van der Waals surface area contributed by atoms with Gasteiger partial charge in [0.1, 0.15) is 5.75 Å². The van der Waals surface area contributed by atoms with Crippen LogP contribution in [-0.4, -0.2) is 41.1 Å². The number of methoxy groups -OCH3 is 1. The molecule has 0 saturated carbocycles. The molecule has 1 aliphatic rings. The number of piperidine rings is 1. The Bertz CT molecular complexity index is 1170. The van der Waals surface area contributed by atoms with Gasteiger partial charge in [0.25, 0.3) is 0 Å². The third-order valence-electron chi connectivity index (χ3n) is 7.34. The van der Waals surface area contributed by atoms with Gasteiger partial charge in [0.15, 0.2) is 0 Å². The van der Waals surface area contributed by atoms with Crippen molar-refractivity contribution in [3.63, 3.8) is 0 Å². The van der Waals surface area contributed by atoms with Gasteiger partial charge in [-0.25, -0.2) is 0 Å². The molecule has 7 nitrogen and oxygen atoms in total. The zero-order chi connectivity index (χ0) is 27.3. The Kier molecular flexibility index (Phi) is 8.87. The number of nitrogens with one attached hydrogen (secondary N) is 1. The topological polar surface area (TPSA) is 80.5 Å². The van der Waals surface area contributed by atoms with Crippen molar-refractivity contribution in [2.24, 2.45) is 11.8 Å². The second kappa shape index (κ2) is 12.1. The molecule has 2 heterocycles. The first-order chi connectivity index (χ1) is 18.1. The maximum atomic E-state index is 13.2. The van der Waals surface area contributed by atoms with Gasteiger partial charge in [-0.1, -0.05) is 76.2 Å². The Labute approximate surface area is 227 Å². The minimum absolute atomic E-state index is 0.000661. The molecule has 7 heteroatoms. The molecule has 38 heavy (non-hydrogen) atoms. The van der Waals surface area contributed by atoms with E-state index in [1.165, 1.54) is 5.56 Å². The molecule has 1 unspecified atom stereocenters. The number of aromatic nitrogens is 2. The van der Waals surface area contributed by atoms with Crippen LogP contribution in [0.25, 0.3) is 11.4 Å². The molecular formula is C31H42N4O3. The number of carbonyl (C=O) groups is 1. The van der Waals surface area contributed by atoms with E-state index in [0.29, 0.717) is 24.2 Å². The highest BCUT2D eigenvalue weighted by atomic mass is 16.5. The summed E-state index contributed by atoms with van der Waals surface area (Å²) in [5, 5.41) is 7.53. The molecule has 0 spiro atoms. The lowest BCUT2D eigenvalue weighted by Crippen LogP contribution is -2.41. The van der Waals surface area contributed by atoms with Crippen LogP contribution in [0.2, 0.25) is 0 Å². The molecule has 4 rings (SSSR count). The Hall–Kier alpha value is -3.19. The van der Waals surface area contributed by atoms with Crippen molar-refractivity contribution >= 4 is 5.91 Å². The summed E-state index contributed by atoms with van der Waals surface area (Å²) in [4.78, 5) is 20.1. The first-order valence-electron chi connectivity index (χ1n) is 13.7. The number of likely N-dealkylation sites (tertiary alicyclic amines) is 1. The number of benzene rings is 2. The van der Waals surface area contributed by atoms with Crippen LogP contribution in [0.15, 0.2) is 53.1 Å². The number of carbonyl (C=O) groups excluding carboxylic acids is 1. The van der Waals surface area contributed by atoms with Crippen LogP contribution in [-0.2, 0) is 16.8 Å². The third-order valence-corrected chi connectivity index (χ3v) is 7.34. The fourth-order valence-corrected chi connectivity index (χ4v) is 4.98. The van der Waals surface area contributed by atoms with Crippen molar-refractivity contribution < 1.29 is 14.1 Å². The Balaban J connectivity index is 1.30. The van der Waals surface area contributed by atoms with Crippen molar-refractivity contribution in [3.8, 4) is 17.1 Å². The van der Waals surface area contributed by atoms with Crippen molar-refractivity contribution in [2.45, 2.75) is 71.9 Å². The molecule has 0 bridgehead atoms. The van der Waals surface area contributed by atoms with E-state index < -0.39 is 0 Å². The average molecular weight is 519 g/mol. The lowest BCUT2D eigenvalue weighted by molar-refractivity contribution is -0.127. The van der Waals surface area contributed by atoms with E-state index in [-0.39, 0.29) is 23.3 Å². The second-order valence-electron chi connectivity index (χ2n) is 11.9. The van der Waals surface area contributed by atoms with E-state index >= 15 is 0 Å². The molecule has 1 amide bonds. The van der Waals surface area contributed by atoms with Gasteiger partial charge in [-0.3, -0.25) is 9.69 Å². The predicted octanol–water partition coefficient (Wildman–Crippen LogP) is 6.16. The summed E-state index contributed by atoms with van der Waals surface area (Å²) in [6.07, 6.45) is 2.53. The summed E-state index contributed by atoms with van der Waals surface area (Å²) in [7, 11) is 1.66. The summed E-state index contributed by atoms with van der Waals surface area (Å²) < 4.78 is 10.8. The molecule has 1 atom stereocenters. The molecule has 204 valence electrons. The summed E-state index contributed by atoms with van der Waals surface area (Å²) in [5.41, 5.74) is 3.45. The standard InChI is InChI=1S/C31H42N4O3/c1-21(2)19-27(22-9-13-26(37-6)14-10-22)32-30(36)24-15-17-35(18-16-24)20-28-33-29(34-38-28)23-7-11-25(12-8-23)31(3,4)5/h7-14,21,24,27H,15-20H2,1-6H3,(H,32,36). The van der Waals surface area contributed by atoms with Crippen molar-refractivity contribution in [3.05, 3.63) is 65.5 Å². The molecule has 0 radical (unpaired) electrons. The van der Waals surface area contributed by atoms with Crippen LogP contribution in [0, 0.1) is 11.8 Å². The molecule has 2 aromatic carbocycles. The van der Waals surface area contributed by atoms with Gasteiger partial charge in [0.05, 0.1) is 19.7 Å². The Morgan fingerprint density at radius 3 is 2.32 bits per heavy atom. The zero-order valence-electron chi connectivity index (χ0n) is 23.7. The molecular weight excluding hydrogens is 476 g/mol. The lowest BCUT2D eigenvalue weighted by atomic mass is 9.87. The number of rotatable bonds is 9. The molecule has 1 N–H and O–H groups in total. The van der Waals surface area contributed by atoms with Gasteiger partial charge >= 0.3 is 0 Å². The summed E-state index contributed by atoms with van der Waals surface area (Å²) in [5.74, 6) is 2.68. The fourth-order valence-electron chi connectivity index (χ4n) is 4.98. The second-order valence-corrected chi connectivity index (χ2v) is 11.9. The van der Waals surface area contributed by atoms with Crippen LogP contribution in [0.5, 0.6) is 5.75 Å². The normalized spacial score (nSPS) is 16.0. The number of ether oxygens (including phenoxy) is 1. The molecule has 1 saturated heterocycles. The largest absolute Gasteiger partial charge is 0.497 e. The highest BCUT2D eigenvalue weighted by Crippen LogP contribution is 2.27. The van der Waals surface area contributed by atoms with E-state index in [9.17, 15) is 4.79 Å². The van der Waals surface area contributed by atoms with E-state index in [0.717, 1.165) is 49.2 Å². The highest BCUT2D eigenvalue weighted by molar-refractivity contribution is 5.79. The predicted molar refractivity (Wildman–Crippen MR) is 150 cm³/mol. The van der Waals surface area contributed by atoms with Crippen molar-refractivity contribution in [1.29, 1.82) is 0 Å². The van der Waals surface area contributed by atoms with Crippen LogP contribution in [0.1, 0.15) is 76.9 Å². The Morgan fingerprint density at radius 1 is 1.08 bits per heavy atom. The fraction of sp³-hybridized carbons (Fsp3) is 0.516. The first kappa shape index (κ1) is 27.8. The van der Waals surface area contributed by atoms with Crippen LogP contribution < -0.4 is 10.1 Å². The summed E-state index contributed by atoms with van der Waals surface area (Å²) in [6, 6.07) is 16.4. The smallest absolute Gasteiger partial charge is 0.241 e. The van der Waals surface area contributed by atoms with E-state index in [2.05, 4.69) is 79.2 Å². The minimum Gasteiger partial charge on any atom is -0.497 e. The maximum Gasteiger partial charge on any atom is 0.241 e. The van der Waals surface area contributed by atoms with Gasteiger partial charge in [-0.05, 0) is 66.9 Å². The van der Waals surface area contributed by atoms with Crippen molar-refractivity contribution in [2.75, 3.05) is 20.2 Å². The van der Waals surface area contributed by atoms with Crippen LogP contribution in [0.3, 0.4) is 0 Å². The SMILES string of the molecule is COc1ccc(C(CC(C)C)NC(=O)C2CCN(Cc3nc(-c4ccc(C(C)(C)C)cc4)no3)CC2)cc1. The van der Waals surface area contributed by atoms with E-state index in [1.54, 1.807) is 7.11 Å². The van der Waals surface area contributed by atoms with Gasteiger partial charge in [-0.15, -0.1) is 0 Å². The van der Waals surface area contributed by atoms with E-state index in [1.807, 2.05) is 24.3 Å². The Morgan fingerprint density at radius 2 is 1.74 bits per heavy atom. The average Bonchev–Trinajstić information content (AvgIpc) is 3.36. The van der Waals surface area contributed by atoms with Crippen molar-refractivity contribution in [1.82, 2.24) is 20.4 Å². The number of hydrogen-bond donors (Lipinski definition) is 1. The monoisotopic (exact) mass is 518 g/mol. The summed E-state index contributed by atoms with van der Waals surface area (Å²) in [6.45, 7) is 13.2.